The zero-order chi connectivity index (χ0) is 22.0. The topological polar surface area (TPSA) is 93.6 Å². The van der Waals surface area contributed by atoms with Gasteiger partial charge in [0, 0.05) is 29.5 Å². The van der Waals surface area contributed by atoms with Crippen LogP contribution in [0.2, 0.25) is 10.0 Å². The number of non-ortho nitro benzene ring substituents is 1. The van der Waals surface area contributed by atoms with Crippen molar-refractivity contribution in [3.63, 3.8) is 0 Å². The fourth-order valence-electron chi connectivity index (χ4n) is 2.64. The zero-order valence-corrected chi connectivity index (χ0v) is 17.7. The van der Waals surface area contributed by atoms with Gasteiger partial charge in [0.05, 0.1) is 26.1 Å². The second-order valence-electron chi connectivity index (χ2n) is 6.15. The second kappa shape index (κ2) is 8.84. The van der Waals surface area contributed by atoms with Crippen molar-refractivity contribution in [2.45, 2.75) is 0 Å². The molecule has 7 nitrogen and oxygen atoms in total. The van der Waals surface area contributed by atoms with E-state index in [0.29, 0.717) is 37.7 Å². The molecule has 1 N–H and O–H groups in total. The smallest absolute Gasteiger partial charge is 0.269 e. The number of nitro groups is 1. The highest BCUT2D eigenvalue weighted by atomic mass is 35.5. The fraction of sp³-hybridized carbons (Fsp3) is 0. The van der Waals surface area contributed by atoms with Crippen molar-refractivity contribution >= 4 is 51.6 Å². The van der Waals surface area contributed by atoms with Crippen LogP contribution in [0, 0.1) is 15.9 Å². The van der Waals surface area contributed by atoms with Gasteiger partial charge in [-0.15, -0.1) is 0 Å². The molecule has 2 heterocycles. The molecular weight excluding hydrogens is 466 g/mol. The van der Waals surface area contributed by atoms with Gasteiger partial charge in [-0.05, 0) is 36.4 Å². The average Bonchev–Trinajstić information content (AvgIpc) is 3.41. The van der Waals surface area contributed by atoms with Crippen LogP contribution in [0.4, 0.5) is 15.2 Å². The van der Waals surface area contributed by atoms with Crippen molar-refractivity contribution in [2.75, 3.05) is 5.43 Å². The molecule has 0 unspecified atom stereocenters. The van der Waals surface area contributed by atoms with Crippen molar-refractivity contribution < 1.29 is 13.7 Å². The number of furan rings is 1. The lowest BCUT2D eigenvalue weighted by Crippen LogP contribution is -1.88. The van der Waals surface area contributed by atoms with Crippen molar-refractivity contribution in [1.29, 1.82) is 0 Å². The molecule has 0 saturated carbocycles. The molecule has 0 amide bonds. The largest absolute Gasteiger partial charge is 0.455 e. The van der Waals surface area contributed by atoms with Gasteiger partial charge >= 0.3 is 0 Å². The maximum atomic E-state index is 13.7. The SMILES string of the molecule is O=[N+]([O-])c1ccc(-c2ccc(/C=N/Nc3ncc(-c4cc(F)c(Cl)cc4Cl)s3)o2)cc1. The molecule has 4 rings (SSSR count). The Hall–Kier alpha value is -3.27. The average molecular weight is 477 g/mol. The number of hydrogen-bond donors (Lipinski definition) is 1. The highest BCUT2D eigenvalue weighted by molar-refractivity contribution is 7.18. The van der Waals surface area contributed by atoms with Gasteiger partial charge in [0.15, 0.2) is 0 Å². The van der Waals surface area contributed by atoms with E-state index in [1.807, 2.05) is 0 Å². The maximum Gasteiger partial charge on any atom is 0.269 e. The summed E-state index contributed by atoms with van der Waals surface area (Å²) in [5, 5.41) is 15.6. The number of halogens is 3. The highest BCUT2D eigenvalue weighted by Gasteiger charge is 2.12. The fourth-order valence-corrected chi connectivity index (χ4v) is 3.97. The molecule has 0 aliphatic carbocycles. The van der Waals surface area contributed by atoms with E-state index in [2.05, 4.69) is 15.5 Å². The predicted molar refractivity (Wildman–Crippen MR) is 120 cm³/mol. The molecule has 0 atom stereocenters. The number of thiazole rings is 1. The van der Waals surface area contributed by atoms with E-state index in [4.69, 9.17) is 27.6 Å². The quantitative estimate of drug-likeness (QED) is 0.142. The lowest BCUT2D eigenvalue weighted by Gasteiger charge is -2.02. The molecular formula is C20H11Cl2FN4O3S. The molecule has 0 aliphatic heterocycles. The van der Waals surface area contributed by atoms with E-state index in [-0.39, 0.29) is 10.7 Å². The van der Waals surface area contributed by atoms with Crippen LogP contribution in [0.3, 0.4) is 0 Å². The Morgan fingerprint density at radius 3 is 2.68 bits per heavy atom. The lowest BCUT2D eigenvalue weighted by atomic mass is 10.1. The van der Waals surface area contributed by atoms with Crippen LogP contribution in [0.5, 0.6) is 0 Å². The van der Waals surface area contributed by atoms with Crippen molar-refractivity contribution in [2.24, 2.45) is 5.10 Å². The van der Waals surface area contributed by atoms with Crippen LogP contribution < -0.4 is 5.43 Å². The maximum absolute atomic E-state index is 13.7. The predicted octanol–water partition coefficient (Wildman–Crippen LogP) is 6.87. The molecule has 0 bridgehead atoms. The molecule has 0 radical (unpaired) electrons. The number of rotatable bonds is 6. The van der Waals surface area contributed by atoms with E-state index in [1.54, 1.807) is 30.5 Å². The molecule has 0 spiro atoms. The Kier molecular flexibility index (Phi) is 5.99. The molecule has 156 valence electrons. The monoisotopic (exact) mass is 476 g/mol. The summed E-state index contributed by atoms with van der Waals surface area (Å²) in [6, 6.07) is 12.1. The number of nitro benzene ring substituents is 1. The molecule has 0 fully saturated rings. The first-order chi connectivity index (χ1) is 14.9. The van der Waals surface area contributed by atoms with E-state index in [0.717, 1.165) is 0 Å². The third-order valence-corrected chi connectivity index (χ3v) is 5.66. The van der Waals surface area contributed by atoms with E-state index in [9.17, 15) is 14.5 Å². The van der Waals surface area contributed by atoms with Crippen molar-refractivity contribution in [3.8, 4) is 21.8 Å². The first kappa shape index (κ1) is 21.0. The lowest BCUT2D eigenvalue weighted by molar-refractivity contribution is -0.384. The van der Waals surface area contributed by atoms with Crippen LogP contribution in [0.1, 0.15) is 5.76 Å². The van der Waals surface area contributed by atoms with Gasteiger partial charge in [0.2, 0.25) is 5.13 Å². The minimum Gasteiger partial charge on any atom is -0.455 e. The molecule has 11 heteroatoms. The summed E-state index contributed by atoms with van der Waals surface area (Å²) in [4.78, 5) is 15.1. The van der Waals surface area contributed by atoms with Crippen LogP contribution in [0.25, 0.3) is 21.8 Å². The second-order valence-corrected chi connectivity index (χ2v) is 8.00. The van der Waals surface area contributed by atoms with E-state index in [1.165, 1.54) is 41.8 Å². The van der Waals surface area contributed by atoms with Crippen LogP contribution in [-0.2, 0) is 0 Å². The minimum atomic E-state index is -0.566. The Labute approximate surface area is 188 Å². The minimum absolute atomic E-state index is 0.00624. The summed E-state index contributed by atoms with van der Waals surface area (Å²) in [5.41, 5.74) is 3.97. The number of nitrogens with one attached hydrogen (secondary N) is 1. The summed E-state index contributed by atoms with van der Waals surface area (Å²) in [6.07, 6.45) is 3.02. The highest BCUT2D eigenvalue weighted by Crippen LogP contribution is 2.36. The Bertz CT molecular complexity index is 1290. The number of nitrogens with zero attached hydrogens (tertiary/aromatic N) is 3. The number of benzene rings is 2. The molecule has 0 saturated heterocycles. The first-order valence-corrected chi connectivity index (χ1v) is 10.2. The third-order valence-electron chi connectivity index (χ3n) is 4.12. The number of anilines is 1. The first-order valence-electron chi connectivity index (χ1n) is 8.65. The number of aromatic nitrogens is 1. The summed E-state index contributed by atoms with van der Waals surface area (Å²) < 4.78 is 19.4. The van der Waals surface area contributed by atoms with Crippen molar-refractivity contribution in [1.82, 2.24) is 4.98 Å². The summed E-state index contributed by atoms with van der Waals surface area (Å²) in [5.74, 6) is 0.455. The number of hydrazone groups is 1. The van der Waals surface area contributed by atoms with Gasteiger partial charge in [-0.2, -0.15) is 5.10 Å². The Morgan fingerprint density at radius 2 is 1.94 bits per heavy atom. The van der Waals surface area contributed by atoms with Gasteiger partial charge < -0.3 is 4.42 Å². The summed E-state index contributed by atoms with van der Waals surface area (Å²) >= 11 is 13.1. The van der Waals surface area contributed by atoms with Gasteiger partial charge in [-0.1, -0.05) is 34.5 Å². The van der Waals surface area contributed by atoms with E-state index < -0.39 is 10.7 Å². The molecule has 2 aromatic carbocycles. The Balaban J connectivity index is 1.43. The molecule has 0 aliphatic rings. The van der Waals surface area contributed by atoms with Crippen molar-refractivity contribution in [3.05, 3.63) is 86.5 Å². The van der Waals surface area contributed by atoms with Gasteiger partial charge in [0.1, 0.15) is 17.3 Å². The van der Waals surface area contributed by atoms with Crippen LogP contribution >= 0.6 is 34.5 Å². The summed E-state index contributed by atoms with van der Waals surface area (Å²) in [6.45, 7) is 0. The van der Waals surface area contributed by atoms with Gasteiger partial charge in [-0.3, -0.25) is 15.5 Å². The third kappa shape index (κ3) is 4.74. The normalized spacial score (nSPS) is 11.2. The van der Waals surface area contributed by atoms with Gasteiger partial charge in [0.25, 0.3) is 5.69 Å². The standard InChI is InChI=1S/C20H11Cl2FN4O3S/c21-15-8-16(22)17(23)7-14(15)19-10-24-20(31-19)26-25-9-13-5-6-18(30-13)11-1-3-12(4-2-11)27(28)29/h1-10H,(H,24,26)/b25-9+. The van der Waals surface area contributed by atoms with Crippen LogP contribution in [-0.4, -0.2) is 16.1 Å². The van der Waals surface area contributed by atoms with Crippen LogP contribution in [0.15, 0.2) is 64.2 Å². The van der Waals surface area contributed by atoms with E-state index >= 15 is 0 Å². The Morgan fingerprint density at radius 1 is 1.16 bits per heavy atom. The number of hydrogen-bond acceptors (Lipinski definition) is 7. The summed E-state index contributed by atoms with van der Waals surface area (Å²) in [7, 11) is 0. The molecule has 4 aromatic rings. The molecule has 31 heavy (non-hydrogen) atoms. The van der Waals surface area contributed by atoms with Gasteiger partial charge in [-0.25, -0.2) is 9.37 Å². The molecule has 2 aromatic heterocycles. The zero-order valence-electron chi connectivity index (χ0n) is 15.4.